The summed E-state index contributed by atoms with van der Waals surface area (Å²) in [5, 5.41) is 3.06. The van der Waals surface area contributed by atoms with E-state index in [4.69, 9.17) is 4.74 Å². The van der Waals surface area contributed by atoms with Crippen molar-refractivity contribution in [1.29, 1.82) is 0 Å². The number of carbonyl (C=O) groups excluding carboxylic acids is 1. The molecule has 0 bridgehead atoms. The number of ether oxygens (including phenoxy) is 1. The maximum Gasteiger partial charge on any atom is 0.261 e. The first-order chi connectivity index (χ1) is 13.3. The minimum absolute atomic E-state index is 0.0118. The third-order valence-corrected chi connectivity index (χ3v) is 8.12. The minimum atomic E-state index is -3.53. The van der Waals surface area contributed by atoms with E-state index in [2.05, 4.69) is 12.2 Å². The van der Waals surface area contributed by atoms with Gasteiger partial charge in [0.2, 0.25) is 10.0 Å². The fourth-order valence-corrected chi connectivity index (χ4v) is 5.86. The number of methoxy groups -OCH3 is 1. The lowest BCUT2D eigenvalue weighted by Gasteiger charge is -2.31. The maximum atomic E-state index is 12.8. The molecule has 2 heterocycles. The van der Waals surface area contributed by atoms with Crippen LogP contribution in [0, 0.1) is 6.92 Å². The first-order valence-electron chi connectivity index (χ1n) is 9.39. The molecule has 0 saturated carbocycles. The Balaban J connectivity index is 1.59. The van der Waals surface area contributed by atoms with E-state index in [0.29, 0.717) is 31.7 Å². The molecule has 1 aromatic carbocycles. The maximum absolute atomic E-state index is 12.8. The van der Waals surface area contributed by atoms with Crippen LogP contribution in [0.15, 0.2) is 35.2 Å². The van der Waals surface area contributed by atoms with E-state index in [-0.39, 0.29) is 16.8 Å². The molecule has 1 amide bonds. The second-order valence-corrected chi connectivity index (χ2v) is 10.1. The standard InChI is InChI=1S/C20H26N2O4S2/c1-4-15-13-19(27-14(15)2)20(23)21-16-9-11-22(12-10-16)28(24,25)18-7-5-17(26-3)6-8-18/h5-8,13,16H,4,9-12H2,1-3H3,(H,21,23). The zero-order chi connectivity index (χ0) is 20.3. The summed E-state index contributed by atoms with van der Waals surface area (Å²) in [4.78, 5) is 14.7. The lowest BCUT2D eigenvalue weighted by molar-refractivity contribution is 0.0928. The Morgan fingerprint density at radius 3 is 2.43 bits per heavy atom. The van der Waals surface area contributed by atoms with Gasteiger partial charge in [-0.3, -0.25) is 4.79 Å². The zero-order valence-corrected chi connectivity index (χ0v) is 18.0. The van der Waals surface area contributed by atoms with Crippen LogP contribution < -0.4 is 10.1 Å². The van der Waals surface area contributed by atoms with Gasteiger partial charge in [0.1, 0.15) is 5.75 Å². The summed E-state index contributed by atoms with van der Waals surface area (Å²) < 4.78 is 32.2. The van der Waals surface area contributed by atoms with Gasteiger partial charge in [-0.1, -0.05) is 6.92 Å². The van der Waals surface area contributed by atoms with Crippen LogP contribution in [0.25, 0.3) is 0 Å². The number of aryl methyl sites for hydroxylation is 2. The summed E-state index contributed by atoms with van der Waals surface area (Å²) in [7, 11) is -1.98. The Hall–Kier alpha value is -1.90. The molecule has 152 valence electrons. The minimum Gasteiger partial charge on any atom is -0.497 e. The van der Waals surface area contributed by atoms with Gasteiger partial charge < -0.3 is 10.1 Å². The van der Waals surface area contributed by atoms with Gasteiger partial charge in [0.05, 0.1) is 16.9 Å². The molecule has 8 heteroatoms. The molecule has 1 aliphatic heterocycles. The molecule has 2 aromatic rings. The molecule has 1 fully saturated rings. The molecule has 0 spiro atoms. The number of hydrogen-bond acceptors (Lipinski definition) is 5. The Morgan fingerprint density at radius 2 is 1.89 bits per heavy atom. The zero-order valence-electron chi connectivity index (χ0n) is 16.4. The highest BCUT2D eigenvalue weighted by Gasteiger charge is 2.30. The smallest absolute Gasteiger partial charge is 0.261 e. The molecule has 1 aromatic heterocycles. The van der Waals surface area contributed by atoms with E-state index in [1.807, 2.05) is 13.0 Å². The first kappa shape index (κ1) is 20.8. The van der Waals surface area contributed by atoms with Crippen molar-refractivity contribution in [1.82, 2.24) is 9.62 Å². The first-order valence-corrected chi connectivity index (χ1v) is 11.6. The fraction of sp³-hybridized carbons (Fsp3) is 0.450. The van der Waals surface area contributed by atoms with E-state index in [1.54, 1.807) is 31.4 Å². The summed E-state index contributed by atoms with van der Waals surface area (Å²) in [6, 6.07) is 8.36. The number of carbonyl (C=O) groups is 1. The molecule has 1 saturated heterocycles. The highest BCUT2D eigenvalue weighted by molar-refractivity contribution is 7.89. The largest absolute Gasteiger partial charge is 0.497 e. The summed E-state index contributed by atoms with van der Waals surface area (Å²) in [5.41, 5.74) is 1.20. The number of nitrogens with one attached hydrogen (secondary N) is 1. The van der Waals surface area contributed by atoms with Gasteiger partial charge in [0.15, 0.2) is 0 Å². The van der Waals surface area contributed by atoms with Crippen molar-refractivity contribution in [3.05, 3.63) is 45.6 Å². The van der Waals surface area contributed by atoms with Gasteiger partial charge >= 0.3 is 0 Å². The van der Waals surface area contributed by atoms with E-state index < -0.39 is 10.0 Å². The van der Waals surface area contributed by atoms with Crippen molar-refractivity contribution in [2.75, 3.05) is 20.2 Å². The number of rotatable bonds is 6. The average Bonchev–Trinajstić information content (AvgIpc) is 3.09. The Morgan fingerprint density at radius 1 is 1.25 bits per heavy atom. The van der Waals surface area contributed by atoms with Gasteiger partial charge in [0.25, 0.3) is 5.91 Å². The number of thiophene rings is 1. The molecule has 3 rings (SSSR count). The molecule has 28 heavy (non-hydrogen) atoms. The number of hydrogen-bond donors (Lipinski definition) is 1. The summed E-state index contributed by atoms with van der Waals surface area (Å²) in [6.07, 6.45) is 2.12. The van der Waals surface area contributed by atoms with Crippen molar-refractivity contribution >= 4 is 27.3 Å². The van der Waals surface area contributed by atoms with E-state index in [0.717, 1.165) is 11.3 Å². The molecular weight excluding hydrogens is 396 g/mol. The van der Waals surface area contributed by atoms with Gasteiger partial charge in [-0.05, 0) is 62.1 Å². The van der Waals surface area contributed by atoms with Crippen molar-refractivity contribution < 1.29 is 17.9 Å². The Labute approximate surface area is 170 Å². The Kier molecular flexibility index (Phi) is 6.42. The normalized spacial score (nSPS) is 16.1. The second-order valence-electron chi connectivity index (χ2n) is 6.87. The van der Waals surface area contributed by atoms with Crippen molar-refractivity contribution in [3.8, 4) is 5.75 Å². The molecule has 0 unspecified atom stereocenters. The molecule has 0 radical (unpaired) electrons. The molecule has 1 N–H and O–H groups in total. The molecule has 0 atom stereocenters. The monoisotopic (exact) mass is 422 g/mol. The molecule has 6 nitrogen and oxygen atoms in total. The highest BCUT2D eigenvalue weighted by Crippen LogP contribution is 2.25. The lowest BCUT2D eigenvalue weighted by atomic mass is 10.1. The van der Waals surface area contributed by atoms with Crippen LogP contribution in [-0.2, 0) is 16.4 Å². The second kappa shape index (κ2) is 8.63. The van der Waals surface area contributed by atoms with E-state index in [9.17, 15) is 13.2 Å². The van der Waals surface area contributed by atoms with Crippen LogP contribution in [-0.4, -0.2) is 44.9 Å². The molecule has 1 aliphatic rings. The molecular formula is C20H26N2O4S2. The summed E-state index contributed by atoms with van der Waals surface area (Å²) in [5.74, 6) is 0.555. The van der Waals surface area contributed by atoms with Gasteiger partial charge in [0, 0.05) is 24.0 Å². The van der Waals surface area contributed by atoms with Gasteiger partial charge in [-0.15, -0.1) is 11.3 Å². The number of nitrogens with zero attached hydrogens (tertiary/aromatic N) is 1. The van der Waals surface area contributed by atoms with E-state index >= 15 is 0 Å². The lowest BCUT2D eigenvalue weighted by Crippen LogP contribution is -2.46. The number of piperidine rings is 1. The highest BCUT2D eigenvalue weighted by atomic mass is 32.2. The quantitative estimate of drug-likeness (QED) is 0.776. The molecule has 0 aliphatic carbocycles. The van der Waals surface area contributed by atoms with Crippen molar-refractivity contribution in [2.24, 2.45) is 0 Å². The van der Waals surface area contributed by atoms with Crippen LogP contribution >= 0.6 is 11.3 Å². The van der Waals surface area contributed by atoms with Crippen LogP contribution in [0.5, 0.6) is 5.75 Å². The predicted molar refractivity (Wildman–Crippen MR) is 111 cm³/mol. The third kappa shape index (κ3) is 4.39. The van der Waals surface area contributed by atoms with Gasteiger partial charge in [-0.2, -0.15) is 4.31 Å². The number of amides is 1. The van der Waals surface area contributed by atoms with Gasteiger partial charge in [-0.25, -0.2) is 8.42 Å². The van der Waals surface area contributed by atoms with Crippen molar-refractivity contribution in [3.63, 3.8) is 0 Å². The SMILES string of the molecule is CCc1cc(C(=O)NC2CCN(S(=O)(=O)c3ccc(OC)cc3)CC2)sc1C. The summed E-state index contributed by atoms with van der Waals surface area (Å²) >= 11 is 1.51. The van der Waals surface area contributed by atoms with Crippen LogP contribution in [0.4, 0.5) is 0 Å². The third-order valence-electron chi connectivity index (χ3n) is 5.11. The summed E-state index contributed by atoms with van der Waals surface area (Å²) in [6.45, 7) is 4.89. The fourth-order valence-electron chi connectivity index (χ4n) is 3.38. The number of sulfonamides is 1. The van der Waals surface area contributed by atoms with Crippen molar-refractivity contribution in [2.45, 2.75) is 44.0 Å². The average molecular weight is 423 g/mol. The predicted octanol–water partition coefficient (Wildman–Crippen LogP) is 3.21. The Bertz CT molecular complexity index is 928. The van der Waals surface area contributed by atoms with Crippen LogP contribution in [0.2, 0.25) is 0 Å². The topological polar surface area (TPSA) is 75.7 Å². The van der Waals surface area contributed by atoms with E-state index in [1.165, 1.54) is 26.1 Å². The van der Waals surface area contributed by atoms with Crippen LogP contribution in [0.1, 0.15) is 39.9 Å². The van der Waals surface area contributed by atoms with Crippen LogP contribution in [0.3, 0.4) is 0 Å². The number of benzene rings is 1.